The lowest BCUT2D eigenvalue weighted by atomic mass is 10.2. The highest BCUT2D eigenvalue weighted by Crippen LogP contribution is 2.32. The van der Waals surface area contributed by atoms with Gasteiger partial charge < -0.3 is 9.80 Å². The summed E-state index contributed by atoms with van der Waals surface area (Å²) in [7, 11) is 0. The van der Waals surface area contributed by atoms with Crippen molar-refractivity contribution in [2.45, 2.75) is 13.3 Å². The quantitative estimate of drug-likeness (QED) is 0.746. The molecule has 2 rings (SSSR count). The number of fused-ring (bicyclic) bond motifs is 1. The second kappa shape index (κ2) is 5.04. The Labute approximate surface area is 106 Å². The van der Waals surface area contributed by atoms with E-state index in [9.17, 15) is 9.59 Å². The average molecular weight is 244 g/mol. The first-order valence-electron chi connectivity index (χ1n) is 5.93. The first-order chi connectivity index (χ1) is 8.65. The summed E-state index contributed by atoms with van der Waals surface area (Å²) in [5.41, 5.74) is 1.56. The van der Waals surface area contributed by atoms with Gasteiger partial charge in [-0.15, -0.1) is 6.58 Å². The summed E-state index contributed by atoms with van der Waals surface area (Å²) in [6.07, 6.45) is 2.03. The summed E-state index contributed by atoms with van der Waals surface area (Å²) in [5, 5.41) is 0. The van der Waals surface area contributed by atoms with Crippen LogP contribution in [0.5, 0.6) is 0 Å². The number of hydrogen-bond donors (Lipinski definition) is 0. The molecular weight excluding hydrogens is 228 g/mol. The SMILES string of the molecule is C=CCN1C(=O)CCN(C(C)=O)c2ccccc21. The molecule has 0 atom stereocenters. The van der Waals surface area contributed by atoms with Crippen LogP contribution in [0.25, 0.3) is 0 Å². The van der Waals surface area contributed by atoms with E-state index in [1.807, 2.05) is 24.3 Å². The highest BCUT2D eigenvalue weighted by Gasteiger charge is 2.26. The zero-order valence-corrected chi connectivity index (χ0v) is 10.4. The lowest BCUT2D eigenvalue weighted by Gasteiger charge is -2.23. The molecule has 1 aromatic carbocycles. The van der Waals surface area contributed by atoms with Crippen LogP contribution in [0, 0.1) is 0 Å². The van der Waals surface area contributed by atoms with Crippen LogP contribution in [0.1, 0.15) is 13.3 Å². The first kappa shape index (κ1) is 12.4. The number of hydrogen-bond acceptors (Lipinski definition) is 2. The second-order valence-corrected chi connectivity index (χ2v) is 4.20. The van der Waals surface area contributed by atoms with Crippen LogP contribution in [0.2, 0.25) is 0 Å². The molecule has 0 radical (unpaired) electrons. The van der Waals surface area contributed by atoms with E-state index in [2.05, 4.69) is 6.58 Å². The van der Waals surface area contributed by atoms with E-state index in [0.717, 1.165) is 11.4 Å². The van der Waals surface area contributed by atoms with Crippen molar-refractivity contribution < 1.29 is 9.59 Å². The molecule has 94 valence electrons. The minimum absolute atomic E-state index is 0.0195. The molecule has 0 N–H and O–H groups in total. The maximum Gasteiger partial charge on any atom is 0.229 e. The van der Waals surface area contributed by atoms with Gasteiger partial charge in [-0.05, 0) is 12.1 Å². The molecule has 0 aliphatic carbocycles. The van der Waals surface area contributed by atoms with Gasteiger partial charge in [0.2, 0.25) is 11.8 Å². The van der Waals surface area contributed by atoms with E-state index >= 15 is 0 Å². The van der Waals surface area contributed by atoms with Gasteiger partial charge in [-0.2, -0.15) is 0 Å². The summed E-state index contributed by atoms with van der Waals surface area (Å²) in [4.78, 5) is 27.1. The van der Waals surface area contributed by atoms with Gasteiger partial charge in [-0.3, -0.25) is 9.59 Å². The number of carbonyl (C=O) groups is 2. The van der Waals surface area contributed by atoms with Crippen LogP contribution < -0.4 is 9.80 Å². The Kier molecular flexibility index (Phi) is 3.46. The van der Waals surface area contributed by atoms with Gasteiger partial charge in [0.05, 0.1) is 11.4 Å². The van der Waals surface area contributed by atoms with Crippen molar-refractivity contribution in [2.24, 2.45) is 0 Å². The minimum Gasteiger partial charge on any atom is -0.310 e. The van der Waals surface area contributed by atoms with Crippen molar-refractivity contribution >= 4 is 23.2 Å². The molecular formula is C14H16N2O2. The van der Waals surface area contributed by atoms with Crippen molar-refractivity contribution in [3.8, 4) is 0 Å². The summed E-state index contributed by atoms with van der Waals surface area (Å²) >= 11 is 0. The highest BCUT2D eigenvalue weighted by atomic mass is 16.2. The number of rotatable bonds is 2. The molecule has 0 aromatic heterocycles. The van der Waals surface area contributed by atoms with Gasteiger partial charge in [0.25, 0.3) is 0 Å². The van der Waals surface area contributed by atoms with Crippen molar-refractivity contribution in [1.29, 1.82) is 0 Å². The number of benzene rings is 1. The molecule has 1 aliphatic heterocycles. The van der Waals surface area contributed by atoms with Gasteiger partial charge >= 0.3 is 0 Å². The Hall–Kier alpha value is -2.10. The largest absolute Gasteiger partial charge is 0.310 e. The standard InChI is InChI=1S/C14H16N2O2/c1-3-9-16-13-7-5-4-6-12(13)15(11(2)17)10-8-14(16)18/h3-7H,1,8-10H2,2H3. The molecule has 1 heterocycles. The van der Waals surface area contributed by atoms with Crippen LogP contribution in [0.3, 0.4) is 0 Å². The minimum atomic E-state index is -0.0456. The van der Waals surface area contributed by atoms with E-state index in [-0.39, 0.29) is 11.8 Å². The molecule has 2 amide bonds. The molecule has 0 fully saturated rings. The first-order valence-corrected chi connectivity index (χ1v) is 5.93. The normalized spacial score (nSPS) is 15.1. The summed E-state index contributed by atoms with van der Waals surface area (Å²) in [6, 6.07) is 7.46. The molecule has 1 aromatic rings. The van der Waals surface area contributed by atoms with Gasteiger partial charge in [-0.25, -0.2) is 0 Å². The lowest BCUT2D eigenvalue weighted by Crippen LogP contribution is -2.30. The van der Waals surface area contributed by atoms with Crippen molar-refractivity contribution in [3.05, 3.63) is 36.9 Å². The molecule has 0 unspecified atom stereocenters. The van der Waals surface area contributed by atoms with Gasteiger partial charge in [0.1, 0.15) is 0 Å². The number of para-hydroxylation sites is 2. The van der Waals surface area contributed by atoms with Gasteiger partial charge in [-0.1, -0.05) is 18.2 Å². The Bertz CT molecular complexity index is 496. The lowest BCUT2D eigenvalue weighted by molar-refractivity contribution is -0.118. The van der Waals surface area contributed by atoms with E-state index in [1.165, 1.54) is 6.92 Å². The molecule has 0 bridgehead atoms. The number of amides is 2. The number of anilines is 2. The van der Waals surface area contributed by atoms with Crippen molar-refractivity contribution in [2.75, 3.05) is 22.9 Å². The summed E-state index contributed by atoms with van der Waals surface area (Å²) in [6.45, 7) is 6.08. The topological polar surface area (TPSA) is 40.6 Å². The molecule has 0 saturated carbocycles. The van der Waals surface area contributed by atoms with E-state index in [1.54, 1.807) is 15.9 Å². The van der Waals surface area contributed by atoms with Crippen molar-refractivity contribution in [1.82, 2.24) is 0 Å². The fourth-order valence-electron chi connectivity index (χ4n) is 2.17. The highest BCUT2D eigenvalue weighted by molar-refractivity contribution is 6.04. The summed E-state index contributed by atoms with van der Waals surface area (Å²) < 4.78 is 0. The third kappa shape index (κ3) is 2.14. The molecule has 4 heteroatoms. The van der Waals surface area contributed by atoms with E-state index < -0.39 is 0 Å². The fraction of sp³-hybridized carbons (Fsp3) is 0.286. The van der Waals surface area contributed by atoms with Gasteiger partial charge in [0.15, 0.2) is 0 Å². The van der Waals surface area contributed by atoms with Crippen LogP contribution >= 0.6 is 0 Å². The zero-order valence-electron chi connectivity index (χ0n) is 10.4. The third-order valence-electron chi connectivity index (χ3n) is 3.01. The fourth-order valence-corrected chi connectivity index (χ4v) is 2.17. The molecule has 1 aliphatic rings. The maximum atomic E-state index is 12.1. The summed E-state index contributed by atoms with van der Waals surface area (Å²) in [5.74, 6) is -0.0261. The number of nitrogens with zero attached hydrogens (tertiary/aromatic N) is 2. The van der Waals surface area contributed by atoms with Crippen LogP contribution in [-0.2, 0) is 9.59 Å². The van der Waals surface area contributed by atoms with Gasteiger partial charge in [0, 0.05) is 26.4 Å². The smallest absolute Gasteiger partial charge is 0.229 e. The van der Waals surface area contributed by atoms with Crippen LogP contribution in [0.4, 0.5) is 11.4 Å². The molecule has 4 nitrogen and oxygen atoms in total. The van der Waals surface area contributed by atoms with Crippen LogP contribution in [-0.4, -0.2) is 24.9 Å². The zero-order chi connectivity index (χ0) is 13.1. The third-order valence-corrected chi connectivity index (χ3v) is 3.01. The Morgan fingerprint density at radius 1 is 1.39 bits per heavy atom. The number of carbonyl (C=O) groups excluding carboxylic acids is 2. The molecule has 0 spiro atoms. The monoisotopic (exact) mass is 244 g/mol. The van der Waals surface area contributed by atoms with Crippen molar-refractivity contribution in [3.63, 3.8) is 0 Å². The average Bonchev–Trinajstić information content (AvgIpc) is 2.49. The molecule has 0 saturated heterocycles. The van der Waals surface area contributed by atoms with E-state index in [0.29, 0.717) is 19.5 Å². The maximum absolute atomic E-state index is 12.1. The Morgan fingerprint density at radius 2 is 2.06 bits per heavy atom. The molecule has 18 heavy (non-hydrogen) atoms. The predicted molar refractivity (Wildman–Crippen MR) is 71.6 cm³/mol. The van der Waals surface area contributed by atoms with E-state index in [4.69, 9.17) is 0 Å². The van der Waals surface area contributed by atoms with Crippen LogP contribution in [0.15, 0.2) is 36.9 Å². The Balaban J connectivity index is 2.52. The Morgan fingerprint density at radius 3 is 2.67 bits per heavy atom. The second-order valence-electron chi connectivity index (χ2n) is 4.20. The predicted octanol–water partition coefficient (Wildman–Crippen LogP) is 1.96.